The van der Waals surface area contributed by atoms with Gasteiger partial charge < -0.3 is 9.80 Å². The van der Waals surface area contributed by atoms with Crippen LogP contribution in [0.1, 0.15) is 5.56 Å². The summed E-state index contributed by atoms with van der Waals surface area (Å²) in [5.41, 5.74) is 1.25. The maximum absolute atomic E-state index is 10.5. The van der Waals surface area contributed by atoms with E-state index in [1.807, 2.05) is 24.4 Å². The monoisotopic (exact) mass is 188 g/mol. The van der Waals surface area contributed by atoms with Crippen molar-refractivity contribution in [1.82, 2.24) is 9.80 Å². The Morgan fingerprint density at radius 1 is 1.21 bits per heavy atom. The SMILES string of the molecule is O=CN1C=CN(Cc2ccccc2)C1. The Morgan fingerprint density at radius 2 is 2.00 bits per heavy atom. The molecule has 0 N–H and O–H groups in total. The molecular weight excluding hydrogens is 176 g/mol. The highest BCUT2D eigenvalue weighted by Crippen LogP contribution is 2.09. The molecule has 3 nitrogen and oxygen atoms in total. The molecule has 0 aromatic heterocycles. The highest BCUT2D eigenvalue weighted by molar-refractivity contribution is 5.49. The smallest absolute Gasteiger partial charge is 0.215 e. The molecule has 0 saturated carbocycles. The van der Waals surface area contributed by atoms with Crippen molar-refractivity contribution in [2.45, 2.75) is 6.54 Å². The molecule has 2 rings (SSSR count). The van der Waals surface area contributed by atoms with Gasteiger partial charge in [0.15, 0.2) is 0 Å². The van der Waals surface area contributed by atoms with Gasteiger partial charge in [0, 0.05) is 18.9 Å². The van der Waals surface area contributed by atoms with Crippen molar-refractivity contribution in [3.05, 3.63) is 48.3 Å². The van der Waals surface area contributed by atoms with Gasteiger partial charge in [-0.1, -0.05) is 30.3 Å². The molecule has 1 aliphatic rings. The van der Waals surface area contributed by atoms with E-state index in [0.717, 1.165) is 13.0 Å². The quantitative estimate of drug-likeness (QED) is 0.669. The molecule has 1 heterocycles. The largest absolute Gasteiger partial charge is 0.354 e. The summed E-state index contributed by atoms with van der Waals surface area (Å²) in [4.78, 5) is 14.2. The summed E-state index contributed by atoms with van der Waals surface area (Å²) in [6.07, 6.45) is 4.55. The average Bonchev–Trinajstić information content (AvgIpc) is 2.67. The van der Waals surface area contributed by atoms with Gasteiger partial charge in [-0.15, -0.1) is 0 Å². The van der Waals surface area contributed by atoms with Crippen LogP contribution in [0.3, 0.4) is 0 Å². The summed E-state index contributed by atoms with van der Waals surface area (Å²) in [7, 11) is 0. The predicted octanol–water partition coefficient (Wildman–Crippen LogP) is 1.39. The summed E-state index contributed by atoms with van der Waals surface area (Å²) in [6.45, 7) is 1.50. The minimum Gasteiger partial charge on any atom is -0.354 e. The van der Waals surface area contributed by atoms with Crippen LogP contribution < -0.4 is 0 Å². The van der Waals surface area contributed by atoms with E-state index >= 15 is 0 Å². The molecule has 0 aliphatic carbocycles. The van der Waals surface area contributed by atoms with Crippen molar-refractivity contribution in [3.8, 4) is 0 Å². The normalized spacial score (nSPS) is 14.9. The van der Waals surface area contributed by atoms with Crippen LogP contribution in [0.25, 0.3) is 0 Å². The van der Waals surface area contributed by atoms with Crippen LogP contribution in [0, 0.1) is 0 Å². The molecule has 1 amide bonds. The molecular formula is C11H12N2O. The molecule has 0 atom stereocenters. The summed E-state index contributed by atoms with van der Waals surface area (Å²) in [5.74, 6) is 0. The first kappa shape index (κ1) is 8.81. The van der Waals surface area contributed by atoms with E-state index in [1.165, 1.54) is 5.56 Å². The third-order valence-corrected chi connectivity index (χ3v) is 2.18. The van der Waals surface area contributed by atoms with E-state index in [1.54, 1.807) is 11.1 Å². The zero-order valence-electron chi connectivity index (χ0n) is 7.84. The number of nitrogens with zero attached hydrogens (tertiary/aromatic N) is 2. The molecule has 3 heteroatoms. The Hall–Kier alpha value is -1.77. The molecule has 72 valence electrons. The van der Waals surface area contributed by atoms with Gasteiger partial charge in [-0.25, -0.2) is 0 Å². The van der Waals surface area contributed by atoms with Crippen molar-refractivity contribution in [1.29, 1.82) is 0 Å². The minimum absolute atomic E-state index is 0.651. The topological polar surface area (TPSA) is 23.6 Å². The first-order chi connectivity index (χ1) is 6.88. The second kappa shape index (κ2) is 3.96. The summed E-state index contributed by atoms with van der Waals surface area (Å²) < 4.78 is 0. The zero-order chi connectivity index (χ0) is 9.80. The van der Waals surface area contributed by atoms with E-state index < -0.39 is 0 Å². The van der Waals surface area contributed by atoms with E-state index in [-0.39, 0.29) is 0 Å². The van der Waals surface area contributed by atoms with Gasteiger partial charge in [0.05, 0.1) is 6.67 Å². The molecule has 1 aromatic rings. The number of benzene rings is 1. The second-order valence-electron chi connectivity index (χ2n) is 3.29. The Labute approximate surface area is 83.2 Å². The maximum Gasteiger partial charge on any atom is 0.215 e. The van der Waals surface area contributed by atoms with Crippen molar-refractivity contribution in [2.75, 3.05) is 6.67 Å². The highest BCUT2D eigenvalue weighted by Gasteiger charge is 2.10. The van der Waals surface area contributed by atoms with E-state index in [2.05, 4.69) is 17.0 Å². The molecule has 0 saturated heterocycles. The zero-order valence-corrected chi connectivity index (χ0v) is 7.84. The second-order valence-corrected chi connectivity index (χ2v) is 3.29. The Kier molecular flexibility index (Phi) is 2.49. The first-order valence-corrected chi connectivity index (χ1v) is 4.56. The molecule has 0 unspecified atom stereocenters. The third kappa shape index (κ3) is 1.93. The van der Waals surface area contributed by atoms with Gasteiger partial charge in [-0.05, 0) is 5.56 Å². The van der Waals surface area contributed by atoms with Gasteiger partial charge >= 0.3 is 0 Å². The molecule has 0 fully saturated rings. The van der Waals surface area contributed by atoms with Crippen LogP contribution in [-0.2, 0) is 11.3 Å². The lowest BCUT2D eigenvalue weighted by Gasteiger charge is -2.17. The van der Waals surface area contributed by atoms with Crippen molar-refractivity contribution >= 4 is 6.41 Å². The fraction of sp³-hybridized carbons (Fsp3) is 0.182. The van der Waals surface area contributed by atoms with E-state index in [9.17, 15) is 4.79 Å². The molecule has 0 spiro atoms. The average molecular weight is 188 g/mol. The summed E-state index contributed by atoms with van der Waals surface area (Å²) in [6, 6.07) is 10.2. The highest BCUT2D eigenvalue weighted by atomic mass is 16.1. The van der Waals surface area contributed by atoms with Crippen LogP contribution in [0.15, 0.2) is 42.7 Å². The lowest BCUT2D eigenvalue weighted by molar-refractivity contribution is -0.116. The lowest BCUT2D eigenvalue weighted by Crippen LogP contribution is -2.23. The fourth-order valence-corrected chi connectivity index (χ4v) is 1.47. The molecule has 1 aliphatic heterocycles. The summed E-state index contributed by atoms with van der Waals surface area (Å²) in [5, 5.41) is 0. The number of amides is 1. The van der Waals surface area contributed by atoms with Gasteiger partial charge in [0.1, 0.15) is 0 Å². The molecule has 0 radical (unpaired) electrons. The number of hydrogen-bond acceptors (Lipinski definition) is 2. The number of hydrogen-bond donors (Lipinski definition) is 0. The Morgan fingerprint density at radius 3 is 2.64 bits per heavy atom. The van der Waals surface area contributed by atoms with Crippen LogP contribution in [-0.4, -0.2) is 22.9 Å². The van der Waals surface area contributed by atoms with Crippen LogP contribution >= 0.6 is 0 Å². The van der Waals surface area contributed by atoms with Crippen LogP contribution in [0.4, 0.5) is 0 Å². The Balaban J connectivity index is 1.95. The number of carbonyl (C=O) groups is 1. The lowest BCUT2D eigenvalue weighted by atomic mass is 10.2. The van der Waals surface area contributed by atoms with Crippen molar-refractivity contribution in [2.24, 2.45) is 0 Å². The summed E-state index contributed by atoms with van der Waals surface area (Å²) >= 11 is 0. The Bertz CT molecular complexity index is 334. The van der Waals surface area contributed by atoms with Crippen LogP contribution in [0.2, 0.25) is 0 Å². The number of rotatable bonds is 3. The van der Waals surface area contributed by atoms with Crippen LogP contribution in [0.5, 0.6) is 0 Å². The van der Waals surface area contributed by atoms with Gasteiger partial charge in [0.25, 0.3) is 0 Å². The van der Waals surface area contributed by atoms with Crippen molar-refractivity contribution in [3.63, 3.8) is 0 Å². The van der Waals surface area contributed by atoms with Gasteiger partial charge in [0.2, 0.25) is 6.41 Å². The third-order valence-electron chi connectivity index (χ3n) is 2.18. The van der Waals surface area contributed by atoms with E-state index in [0.29, 0.717) is 6.67 Å². The molecule has 0 bridgehead atoms. The van der Waals surface area contributed by atoms with Gasteiger partial charge in [-0.3, -0.25) is 4.79 Å². The molecule has 1 aromatic carbocycles. The fourth-order valence-electron chi connectivity index (χ4n) is 1.47. The first-order valence-electron chi connectivity index (χ1n) is 4.56. The predicted molar refractivity (Wildman–Crippen MR) is 53.9 cm³/mol. The van der Waals surface area contributed by atoms with E-state index in [4.69, 9.17) is 0 Å². The maximum atomic E-state index is 10.5. The van der Waals surface area contributed by atoms with Crippen molar-refractivity contribution < 1.29 is 4.79 Å². The number of carbonyl (C=O) groups excluding carboxylic acids is 1. The standard InChI is InChI=1S/C11H12N2O/c14-10-13-7-6-12(9-13)8-11-4-2-1-3-5-11/h1-7,10H,8-9H2. The minimum atomic E-state index is 0.651. The molecule has 14 heavy (non-hydrogen) atoms. The van der Waals surface area contributed by atoms with Gasteiger partial charge in [-0.2, -0.15) is 0 Å².